The molecule has 0 fully saturated rings. The third-order valence-corrected chi connectivity index (χ3v) is 2.52. The van der Waals surface area contributed by atoms with Crippen molar-refractivity contribution < 1.29 is 4.79 Å². The van der Waals surface area contributed by atoms with Crippen LogP contribution >= 0.6 is 0 Å². The lowest BCUT2D eigenvalue weighted by atomic mass is 10.3. The zero-order chi connectivity index (χ0) is 12.1. The van der Waals surface area contributed by atoms with Crippen LogP contribution in [0.15, 0.2) is 12.3 Å². The van der Waals surface area contributed by atoms with Crippen molar-refractivity contribution in [1.82, 2.24) is 20.0 Å². The lowest BCUT2D eigenvalue weighted by Gasteiger charge is -2.21. The molecule has 90 valence electrons. The van der Waals surface area contributed by atoms with Crippen molar-refractivity contribution in [3.05, 3.63) is 18.0 Å². The van der Waals surface area contributed by atoms with E-state index < -0.39 is 0 Å². The van der Waals surface area contributed by atoms with Crippen molar-refractivity contribution in [2.24, 2.45) is 7.05 Å². The summed E-state index contributed by atoms with van der Waals surface area (Å²) in [7, 11) is 3.69. The molecule has 1 aromatic heterocycles. The van der Waals surface area contributed by atoms with Crippen molar-refractivity contribution in [2.75, 3.05) is 13.6 Å². The van der Waals surface area contributed by atoms with Crippen molar-refractivity contribution in [3.8, 4) is 0 Å². The Kier molecular flexibility index (Phi) is 4.49. The molecule has 1 heterocycles. The number of carbonyl (C=O) groups is 1. The van der Waals surface area contributed by atoms with E-state index in [1.165, 1.54) is 0 Å². The number of aromatic nitrogens is 2. The van der Waals surface area contributed by atoms with E-state index >= 15 is 0 Å². The Hall–Kier alpha value is -1.36. The van der Waals surface area contributed by atoms with Gasteiger partial charge in [0.25, 0.3) is 0 Å². The minimum atomic E-state index is 0.103. The monoisotopic (exact) mass is 224 g/mol. The molecule has 0 atom stereocenters. The normalized spacial score (nSPS) is 10.8. The number of rotatable bonds is 5. The first-order chi connectivity index (χ1) is 7.50. The number of aryl methyl sites for hydroxylation is 1. The van der Waals surface area contributed by atoms with Crippen molar-refractivity contribution >= 4 is 5.91 Å². The van der Waals surface area contributed by atoms with Crippen LogP contribution in [0.4, 0.5) is 0 Å². The topological polar surface area (TPSA) is 50.2 Å². The van der Waals surface area contributed by atoms with Crippen LogP contribution in [0.5, 0.6) is 0 Å². The smallest absolute Gasteiger partial charge is 0.236 e. The lowest BCUT2D eigenvalue weighted by Crippen LogP contribution is -2.39. The molecule has 0 radical (unpaired) electrons. The highest BCUT2D eigenvalue weighted by molar-refractivity contribution is 5.78. The molecule has 0 bridgehead atoms. The minimum absolute atomic E-state index is 0.103. The number of likely N-dealkylation sites (N-methyl/N-ethyl adjacent to an activating group) is 1. The van der Waals surface area contributed by atoms with Gasteiger partial charge in [-0.15, -0.1) is 0 Å². The Labute approximate surface area is 96.4 Å². The molecule has 16 heavy (non-hydrogen) atoms. The van der Waals surface area contributed by atoms with E-state index in [0.29, 0.717) is 13.1 Å². The van der Waals surface area contributed by atoms with Gasteiger partial charge in [-0.1, -0.05) is 0 Å². The van der Waals surface area contributed by atoms with Gasteiger partial charge < -0.3 is 10.2 Å². The highest BCUT2D eigenvalue weighted by atomic mass is 16.2. The summed E-state index contributed by atoms with van der Waals surface area (Å²) in [5, 5.41) is 7.30. The maximum Gasteiger partial charge on any atom is 0.236 e. The molecule has 0 aromatic carbocycles. The SMILES string of the molecule is CC(C)N(C)C(=O)CNCc1ccn(C)n1. The third-order valence-electron chi connectivity index (χ3n) is 2.52. The summed E-state index contributed by atoms with van der Waals surface area (Å²) in [5.74, 6) is 0.103. The molecule has 0 aliphatic heterocycles. The van der Waals surface area contributed by atoms with Gasteiger partial charge in [-0.2, -0.15) is 5.10 Å². The molecule has 5 heteroatoms. The number of carbonyl (C=O) groups excluding carboxylic acids is 1. The average molecular weight is 224 g/mol. The quantitative estimate of drug-likeness (QED) is 0.786. The molecular formula is C11H20N4O. The predicted molar refractivity (Wildman–Crippen MR) is 62.8 cm³/mol. The van der Waals surface area contributed by atoms with E-state index in [-0.39, 0.29) is 11.9 Å². The number of amides is 1. The van der Waals surface area contributed by atoms with Crippen LogP contribution in [0, 0.1) is 0 Å². The second-order valence-corrected chi connectivity index (χ2v) is 4.18. The van der Waals surface area contributed by atoms with Gasteiger partial charge in [0.05, 0.1) is 12.2 Å². The third kappa shape index (κ3) is 3.66. The number of hydrogen-bond acceptors (Lipinski definition) is 3. The fourth-order valence-corrected chi connectivity index (χ4v) is 1.27. The van der Waals surface area contributed by atoms with E-state index in [4.69, 9.17) is 0 Å². The number of nitrogens with one attached hydrogen (secondary N) is 1. The van der Waals surface area contributed by atoms with Crippen LogP contribution in [0.2, 0.25) is 0 Å². The fourth-order valence-electron chi connectivity index (χ4n) is 1.27. The van der Waals surface area contributed by atoms with E-state index in [1.54, 1.807) is 9.58 Å². The molecular weight excluding hydrogens is 204 g/mol. The summed E-state index contributed by atoms with van der Waals surface area (Å²) in [5.41, 5.74) is 0.947. The number of nitrogens with zero attached hydrogens (tertiary/aromatic N) is 3. The van der Waals surface area contributed by atoms with Crippen LogP contribution in [-0.2, 0) is 18.4 Å². The zero-order valence-corrected chi connectivity index (χ0v) is 10.4. The molecule has 1 rings (SSSR count). The molecule has 0 saturated heterocycles. The second kappa shape index (κ2) is 5.65. The molecule has 0 aliphatic rings. The summed E-state index contributed by atoms with van der Waals surface area (Å²) in [6, 6.07) is 2.17. The van der Waals surface area contributed by atoms with Crippen LogP contribution in [-0.4, -0.2) is 40.2 Å². The van der Waals surface area contributed by atoms with Crippen LogP contribution in [0.1, 0.15) is 19.5 Å². The van der Waals surface area contributed by atoms with Gasteiger partial charge in [-0.25, -0.2) is 0 Å². The van der Waals surface area contributed by atoms with Crippen LogP contribution in [0.25, 0.3) is 0 Å². The Morgan fingerprint density at radius 3 is 2.81 bits per heavy atom. The highest BCUT2D eigenvalue weighted by Gasteiger charge is 2.10. The average Bonchev–Trinajstić information content (AvgIpc) is 2.62. The van der Waals surface area contributed by atoms with Gasteiger partial charge in [0, 0.05) is 32.9 Å². The summed E-state index contributed by atoms with van der Waals surface area (Å²) in [4.78, 5) is 13.3. The largest absolute Gasteiger partial charge is 0.342 e. The molecule has 1 N–H and O–H groups in total. The molecule has 1 aromatic rings. The summed E-state index contributed by atoms with van der Waals surface area (Å²) >= 11 is 0. The van der Waals surface area contributed by atoms with E-state index in [0.717, 1.165) is 5.69 Å². The Morgan fingerprint density at radius 1 is 1.62 bits per heavy atom. The van der Waals surface area contributed by atoms with Gasteiger partial charge in [0.15, 0.2) is 0 Å². The first-order valence-corrected chi connectivity index (χ1v) is 5.45. The Balaban J connectivity index is 2.28. The van der Waals surface area contributed by atoms with Gasteiger partial charge in [-0.05, 0) is 19.9 Å². The maximum atomic E-state index is 11.6. The lowest BCUT2D eigenvalue weighted by molar-refractivity contribution is -0.130. The summed E-state index contributed by atoms with van der Waals surface area (Å²) in [6.07, 6.45) is 1.89. The standard InChI is InChI=1S/C11H20N4O/c1-9(2)15(4)11(16)8-12-7-10-5-6-14(3)13-10/h5-6,9,12H,7-8H2,1-4H3. The van der Waals surface area contributed by atoms with Gasteiger partial charge in [-0.3, -0.25) is 9.48 Å². The van der Waals surface area contributed by atoms with Crippen LogP contribution in [0.3, 0.4) is 0 Å². The van der Waals surface area contributed by atoms with Gasteiger partial charge in [0.1, 0.15) is 0 Å². The highest BCUT2D eigenvalue weighted by Crippen LogP contribution is 1.95. The van der Waals surface area contributed by atoms with Gasteiger partial charge in [0.2, 0.25) is 5.91 Å². The van der Waals surface area contributed by atoms with E-state index in [9.17, 15) is 4.79 Å². The molecule has 0 unspecified atom stereocenters. The van der Waals surface area contributed by atoms with Crippen molar-refractivity contribution in [2.45, 2.75) is 26.4 Å². The molecule has 0 aliphatic carbocycles. The number of hydrogen-bond donors (Lipinski definition) is 1. The Bertz CT molecular complexity index is 346. The first kappa shape index (κ1) is 12.7. The maximum absolute atomic E-state index is 11.6. The fraction of sp³-hybridized carbons (Fsp3) is 0.636. The second-order valence-electron chi connectivity index (χ2n) is 4.18. The summed E-state index contributed by atoms with van der Waals surface area (Å²) in [6.45, 7) is 4.97. The molecule has 5 nitrogen and oxygen atoms in total. The molecule has 1 amide bonds. The molecule has 0 spiro atoms. The minimum Gasteiger partial charge on any atom is -0.342 e. The first-order valence-electron chi connectivity index (χ1n) is 5.45. The molecule has 0 saturated carbocycles. The van der Waals surface area contributed by atoms with Gasteiger partial charge >= 0.3 is 0 Å². The summed E-state index contributed by atoms with van der Waals surface area (Å²) < 4.78 is 1.75. The van der Waals surface area contributed by atoms with Crippen molar-refractivity contribution in [3.63, 3.8) is 0 Å². The predicted octanol–water partition coefficient (Wildman–Crippen LogP) is 0.376. The Morgan fingerprint density at radius 2 is 2.31 bits per heavy atom. The zero-order valence-electron chi connectivity index (χ0n) is 10.4. The van der Waals surface area contributed by atoms with E-state index in [1.807, 2.05) is 40.2 Å². The van der Waals surface area contributed by atoms with Crippen LogP contribution < -0.4 is 5.32 Å². The van der Waals surface area contributed by atoms with Crippen molar-refractivity contribution in [1.29, 1.82) is 0 Å². The van der Waals surface area contributed by atoms with E-state index in [2.05, 4.69) is 10.4 Å².